The van der Waals surface area contributed by atoms with Gasteiger partial charge >= 0.3 is 0 Å². The second-order valence-electron chi connectivity index (χ2n) is 3.25. The van der Waals surface area contributed by atoms with Gasteiger partial charge in [-0.2, -0.15) is 5.10 Å². The number of nitrogens with zero attached hydrogens (tertiary/aromatic N) is 2. The lowest BCUT2D eigenvalue weighted by atomic mass is 10.3. The lowest BCUT2D eigenvalue weighted by Crippen LogP contribution is -2.27. The Morgan fingerprint density at radius 2 is 2.41 bits per heavy atom. The molecule has 1 rings (SSSR count). The second kappa shape index (κ2) is 7.66. The topological polar surface area (TPSA) is 79.9 Å². The molecule has 0 aliphatic carbocycles. The second-order valence-corrected chi connectivity index (χ2v) is 3.25. The average Bonchev–Trinajstić information content (AvgIpc) is 2.77. The first-order valence-corrected chi connectivity index (χ1v) is 5.15. The van der Waals surface area contributed by atoms with E-state index in [-0.39, 0.29) is 18.9 Å². The predicted octanol–water partition coefficient (Wildman–Crippen LogP) is 0.135. The minimum Gasteiger partial charge on any atom is -0.375 e. The molecule has 1 aromatic heterocycles. The summed E-state index contributed by atoms with van der Waals surface area (Å²) in [6, 6.07) is 0. The van der Waals surface area contributed by atoms with Crippen LogP contribution in [0.4, 0.5) is 8.78 Å². The molecule has 1 amide bonds. The molecule has 0 aliphatic heterocycles. The Morgan fingerprint density at radius 1 is 1.59 bits per heavy atom. The van der Waals surface area contributed by atoms with E-state index in [9.17, 15) is 13.6 Å². The van der Waals surface area contributed by atoms with Crippen molar-refractivity contribution in [1.82, 2.24) is 20.5 Å². The highest BCUT2D eigenvalue weighted by molar-refractivity contribution is 5.75. The summed E-state index contributed by atoms with van der Waals surface area (Å²) in [5, 5.41) is 8.93. The number of aromatic nitrogens is 3. The number of carbonyl (C=O) groups excluding carboxylic acids is 1. The lowest BCUT2D eigenvalue weighted by molar-refractivity contribution is -0.122. The summed E-state index contributed by atoms with van der Waals surface area (Å²) in [7, 11) is 0. The number of nitrogens with one attached hydrogen (secondary N) is 2. The van der Waals surface area contributed by atoms with E-state index < -0.39 is 13.0 Å². The van der Waals surface area contributed by atoms with Crippen molar-refractivity contribution in [3.63, 3.8) is 0 Å². The molecule has 6 nitrogen and oxygen atoms in total. The first kappa shape index (κ1) is 13.5. The minimum absolute atomic E-state index is 0.00151. The summed E-state index contributed by atoms with van der Waals surface area (Å²) in [5.74, 6) is 0.443. The Bertz CT molecular complexity index is 319. The maximum Gasteiger partial charge on any atom is 0.261 e. The molecule has 0 aromatic carbocycles. The summed E-state index contributed by atoms with van der Waals surface area (Å²) in [5.41, 5.74) is 0. The molecule has 0 aliphatic rings. The third kappa shape index (κ3) is 6.56. The number of H-pyrrole nitrogens is 1. The van der Waals surface area contributed by atoms with Crippen LogP contribution in [0, 0.1) is 0 Å². The summed E-state index contributed by atoms with van der Waals surface area (Å²) in [4.78, 5) is 15.1. The Kier molecular flexibility index (Phi) is 6.08. The van der Waals surface area contributed by atoms with E-state index in [4.69, 9.17) is 0 Å². The van der Waals surface area contributed by atoms with E-state index in [1.165, 1.54) is 6.33 Å². The highest BCUT2D eigenvalue weighted by Crippen LogP contribution is 1.93. The maximum absolute atomic E-state index is 11.7. The van der Waals surface area contributed by atoms with Crippen molar-refractivity contribution in [3.8, 4) is 0 Å². The average molecular weight is 248 g/mol. The molecule has 1 heterocycles. The van der Waals surface area contributed by atoms with Crippen LogP contribution in [0.15, 0.2) is 6.33 Å². The number of ether oxygens (including phenoxy) is 1. The number of halogens is 2. The van der Waals surface area contributed by atoms with E-state index in [2.05, 4.69) is 25.2 Å². The standard InChI is InChI=1S/C9H14F2N4O2/c10-7(11)5-17-4-2-9(16)12-3-1-8-13-6-14-15-8/h6-7H,1-5H2,(H,12,16)(H,13,14,15). The highest BCUT2D eigenvalue weighted by atomic mass is 19.3. The van der Waals surface area contributed by atoms with Crippen molar-refractivity contribution < 1.29 is 18.3 Å². The van der Waals surface area contributed by atoms with Crippen molar-refractivity contribution in [2.45, 2.75) is 19.3 Å². The van der Waals surface area contributed by atoms with Crippen LogP contribution in [0.3, 0.4) is 0 Å². The third-order valence-corrected chi connectivity index (χ3v) is 1.87. The Morgan fingerprint density at radius 3 is 3.06 bits per heavy atom. The normalized spacial score (nSPS) is 10.8. The molecular formula is C9H14F2N4O2. The van der Waals surface area contributed by atoms with Crippen LogP contribution in [0.25, 0.3) is 0 Å². The molecule has 96 valence electrons. The van der Waals surface area contributed by atoms with Gasteiger partial charge in [0.05, 0.1) is 6.61 Å². The Labute approximate surface area is 96.8 Å². The van der Waals surface area contributed by atoms with Gasteiger partial charge in [-0.3, -0.25) is 9.89 Å². The van der Waals surface area contributed by atoms with E-state index in [1.54, 1.807) is 0 Å². The maximum atomic E-state index is 11.7. The zero-order chi connectivity index (χ0) is 12.5. The van der Waals surface area contributed by atoms with Crippen molar-refractivity contribution in [2.24, 2.45) is 0 Å². The highest BCUT2D eigenvalue weighted by Gasteiger charge is 2.04. The molecular weight excluding hydrogens is 234 g/mol. The van der Waals surface area contributed by atoms with Gasteiger partial charge in [-0.1, -0.05) is 0 Å². The third-order valence-electron chi connectivity index (χ3n) is 1.87. The first-order valence-electron chi connectivity index (χ1n) is 5.15. The molecule has 0 radical (unpaired) electrons. The number of aromatic amines is 1. The summed E-state index contributed by atoms with van der Waals surface area (Å²) in [6.07, 6.45) is -0.494. The summed E-state index contributed by atoms with van der Waals surface area (Å²) in [6.45, 7) is -0.216. The van der Waals surface area contributed by atoms with Gasteiger partial charge in [-0.15, -0.1) is 0 Å². The molecule has 0 bridgehead atoms. The van der Waals surface area contributed by atoms with Gasteiger partial charge in [0.15, 0.2) is 0 Å². The number of rotatable bonds is 8. The molecule has 0 unspecified atom stereocenters. The largest absolute Gasteiger partial charge is 0.375 e. The van der Waals surface area contributed by atoms with Crippen LogP contribution in [0.2, 0.25) is 0 Å². The number of hydrogen-bond donors (Lipinski definition) is 2. The zero-order valence-corrected chi connectivity index (χ0v) is 9.16. The first-order chi connectivity index (χ1) is 8.18. The van der Waals surface area contributed by atoms with Crippen molar-refractivity contribution in [3.05, 3.63) is 12.2 Å². The van der Waals surface area contributed by atoms with Gasteiger partial charge in [0.2, 0.25) is 5.91 Å². The van der Waals surface area contributed by atoms with Crippen LogP contribution in [-0.4, -0.2) is 47.3 Å². The fourth-order valence-electron chi connectivity index (χ4n) is 1.10. The number of hydrogen-bond acceptors (Lipinski definition) is 4. The van der Waals surface area contributed by atoms with Crippen molar-refractivity contribution in [1.29, 1.82) is 0 Å². The van der Waals surface area contributed by atoms with E-state index >= 15 is 0 Å². The smallest absolute Gasteiger partial charge is 0.261 e. The molecule has 2 N–H and O–H groups in total. The van der Waals surface area contributed by atoms with Gasteiger partial charge in [0, 0.05) is 19.4 Å². The molecule has 0 saturated carbocycles. The molecule has 1 aromatic rings. The van der Waals surface area contributed by atoms with Crippen molar-refractivity contribution >= 4 is 5.91 Å². The fourth-order valence-corrected chi connectivity index (χ4v) is 1.10. The van der Waals surface area contributed by atoms with E-state index in [1.807, 2.05) is 0 Å². The quantitative estimate of drug-likeness (QED) is 0.641. The molecule has 0 spiro atoms. The molecule has 0 atom stereocenters. The van der Waals surface area contributed by atoms with Crippen LogP contribution < -0.4 is 5.32 Å². The van der Waals surface area contributed by atoms with Gasteiger partial charge in [0.1, 0.15) is 18.8 Å². The molecule has 8 heteroatoms. The monoisotopic (exact) mass is 248 g/mol. The van der Waals surface area contributed by atoms with Gasteiger partial charge in [-0.05, 0) is 0 Å². The minimum atomic E-state index is -2.50. The summed E-state index contributed by atoms with van der Waals surface area (Å²) >= 11 is 0. The Hall–Kier alpha value is -1.57. The number of carbonyl (C=O) groups is 1. The van der Waals surface area contributed by atoms with Crippen molar-refractivity contribution in [2.75, 3.05) is 19.8 Å². The molecule has 17 heavy (non-hydrogen) atoms. The fraction of sp³-hybridized carbons (Fsp3) is 0.667. The van der Waals surface area contributed by atoms with Crippen LogP contribution in [-0.2, 0) is 16.0 Å². The van der Waals surface area contributed by atoms with E-state index in [0.29, 0.717) is 18.8 Å². The van der Waals surface area contributed by atoms with Crippen LogP contribution >= 0.6 is 0 Å². The number of alkyl halides is 2. The summed E-state index contributed by atoms with van der Waals surface area (Å²) < 4.78 is 27.9. The van der Waals surface area contributed by atoms with Gasteiger partial charge in [0.25, 0.3) is 6.43 Å². The van der Waals surface area contributed by atoms with Crippen LogP contribution in [0.5, 0.6) is 0 Å². The molecule has 0 saturated heterocycles. The number of amides is 1. The molecule has 0 fully saturated rings. The predicted molar refractivity (Wildman–Crippen MR) is 54.5 cm³/mol. The van der Waals surface area contributed by atoms with E-state index in [0.717, 1.165) is 0 Å². The van der Waals surface area contributed by atoms with Gasteiger partial charge in [-0.25, -0.2) is 13.8 Å². The SMILES string of the molecule is O=C(CCOCC(F)F)NCCc1ncn[nH]1. The van der Waals surface area contributed by atoms with Crippen LogP contribution in [0.1, 0.15) is 12.2 Å². The lowest BCUT2D eigenvalue weighted by Gasteiger charge is -2.04. The zero-order valence-electron chi connectivity index (χ0n) is 9.16. The Balaban J connectivity index is 1.98. The van der Waals surface area contributed by atoms with Gasteiger partial charge < -0.3 is 10.1 Å².